The standard InChI is InChI=1S/C14H21F3N2S/c1-2-8-18-9-10-4-3-5-11-13(10)19-12(20-11)6-7-14(15,16)17/h10,18H,2-9H2,1H3. The fourth-order valence-electron chi connectivity index (χ4n) is 2.57. The van der Waals surface area contributed by atoms with Crippen LogP contribution in [0.1, 0.15) is 54.1 Å². The van der Waals surface area contributed by atoms with E-state index >= 15 is 0 Å². The average Bonchev–Trinajstić information content (AvgIpc) is 2.80. The number of alkyl halides is 3. The van der Waals surface area contributed by atoms with E-state index in [9.17, 15) is 13.2 Å². The van der Waals surface area contributed by atoms with Gasteiger partial charge >= 0.3 is 6.18 Å². The molecule has 1 N–H and O–H groups in total. The van der Waals surface area contributed by atoms with Gasteiger partial charge < -0.3 is 5.32 Å². The Bertz CT molecular complexity index is 429. The van der Waals surface area contributed by atoms with Gasteiger partial charge in [-0.1, -0.05) is 6.92 Å². The summed E-state index contributed by atoms with van der Waals surface area (Å²) in [5.74, 6) is 0.376. The topological polar surface area (TPSA) is 24.9 Å². The molecule has 1 aromatic rings. The summed E-state index contributed by atoms with van der Waals surface area (Å²) in [5.41, 5.74) is 1.06. The second-order valence-electron chi connectivity index (χ2n) is 5.32. The van der Waals surface area contributed by atoms with Crippen molar-refractivity contribution >= 4 is 11.3 Å². The second kappa shape index (κ2) is 6.89. The van der Waals surface area contributed by atoms with E-state index < -0.39 is 12.6 Å². The molecule has 0 radical (unpaired) electrons. The van der Waals surface area contributed by atoms with E-state index in [1.165, 1.54) is 16.2 Å². The van der Waals surface area contributed by atoms with Gasteiger partial charge in [0.1, 0.15) is 0 Å². The maximum atomic E-state index is 12.3. The molecule has 0 saturated carbocycles. The van der Waals surface area contributed by atoms with Crippen LogP contribution in [0.4, 0.5) is 13.2 Å². The molecule has 0 bridgehead atoms. The van der Waals surface area contributed by atoms with Crippen LogP contribution in [0.5, 0.6) is 0 Å². The summed E-state index contributed by atoms with van der Waals surface area (Å²) in [4.78, 5) is 5.70. The fourth-order valence-corrected chi connectivity index (χ4v) is 3.76. The molecule has 1 aromatic heterocycles. The number of aryl methyl sites for hydroxylation is 2. The molecule has 1 atom stereocenters. The van der Waals surface area contributed by atoms with Crippen molar-refractivity contribution in [3.63, 3.8) is 0 Å². The van der Waals surface area contributed by atoms with E-state index in [2.05, 4.69) is 17.2 Å². The van der Waals surface area contributed by atoms with Crippen LogP contribution in [0.15, 0.2) is 0 Å². The molecule has 1 unspecified atom stereocenters. The number of aromatic nitrogens is 1. The lowest BCUT2D eigenvalue weighted by Crippen LogP contribution is -2.24. The molecule has 1 aliphatic carbocycles. The largest absolute Gasteiger partial charge is 0.389 e. The highest BCUT2D eigenvalue weighted by atomic mass is 32.1. The monoisotopic (exact) mass is 306 g/mol. The summed E-state index contributed by atoms with van der Waals surface area (Å²) < 4.78 is 36.8. The second-order valence-corrected chi connectivity index (χ2v) is 6.49. The third-order valence-corrected chi connectivity index (χ3v) is 4.75. The van der Waals surface area contributed by atoms with Crippen LogP contribution in [0, 0.1) is 0 Å². The lowest BCUT2D eigenvalue weighted by Gasteiger charge is -2.21. The number of rotatable bonds is 6. The minimum Gasteiger partial charge on any atom is -0.316 e. The molecular weight excluding hydrogens is 285 g/mol. The molecule has 0 saturated heterocycles. The molecule has 1 aliphatic rings. The highest BCUT2D eigenvalue weighted by Crippen LogP contribution is 2.35. The highest BCUT2D eigenvalue weighted by Gasteiger charge is 2.29. The van der Waals surface area contributed by atoms with Crippen molar-refractivity contribution in [3.05, 3.63) is 15.6 Å². The third-order valence-electron chi connectivity index (χ3n) is 3.55. The van der Waals surface area contributed by atoms with Gasteiger partial charge in [0.25, 0.3) is 0 Å². The van der Waals surface area contributed by atoms with Gasteiger partial charge in [-0.3, -0.25) is 0 Å². The lowest BCUT2D eigenvalue weighted by atomic mass is 9.91. The zero-order chi connectivity index (χ0) is 14.6. The van der Waals surface area contributed by atoms with E-state index in [0.29, 0.717) is 10.9 Å². The summed E-state index contributed by atoms with van der Waals surface area (Å²) in [6.45, 7) is 4.00. The van der Waals surface area contributed by atoms with Crippen molar-refractivity contribution in [2.24, 2.45) is 0 Å². The minimum atomic E-state index is -4.09. The lowest BCUT2D eigenvalue weighted by molar-refractivity contribution is -0.134. The zero-order valence-electron chi connectivity index (χ0n) is 11.7. The van der Waals surface area contributed by atoms with Crippen LogP contribution >= 0.6 is 11.3 Å². The Morgan fingerprint density at radius 1 is 1.40 bits per heavy atom. The van der Waals surface area contributed by atoms with Gasteiger partial charge in [-0.15, -0.1) is 11.3 Å². The molecule has 0 fully saturated rings. The number of thiazole rings is 1. The van der Waals surface area contributed by atoms with Gasteiger partial charge in [0.2, 0.25) is 0 Å². The molecule has 114 valence electrons. The molecule has 0 spiro atoms. The molecule has 2 nitrogen and oxygen atoms in total. The van der Waals surface area contributed by atoms with Gasteiger partial charge in [0.15, 0.2) is 0 Å². The first kappa shape index (κ1) is 15.8. The van der Waals surface area contributed by atoms with E-state index in [0.717, 1.165) is 44.5 Å². The predicted molar refractivity (Wildman–Crippen MR) is 75.3 cm³/mol. The van der Waals surface area contributed by atoms with Gasteiger partial charge in [-0.2, -0.15) is 13.2 Å². The Kier molecular flexibility index (Phi) is 5.43. The van der Waals surface area contributed by atoms with Crippen molar-refractivity contribution in [1.29, 1.82) is 0 Å². The Morgan fingerprint density at radius 3 is 2.90 bits per heavy atom. The smallest absolute Gasteiger partial charge is 0.316 e. The Hall–Kier alpha value is -0.620. The number of nitrogens with one attached hydrogen (secondary N) is 1. The minimum absolute atomic E-state index is 0.0241. The van der Waals surface area contributed by atoms with E-state index in [4.69, 9.17) is 0 Å². The summed E-state index contributed by atoms with van der Waals surface area (Å²) in [5, 5.41) is 4.04. The van der Waals surface area contributed by atoms with Gasteiger partial charge in [-0.05, 0) is 32.2 Å². The summed E-state index contributed by atoms with van der Waals surface area (Å²) >= 11 is 1.48. The third kappa shape index (κ3) is 4.45. The van der Waals surface area contributed by atoms with Crippen LogP contribution < -0.4 is 5.32 Å². The SMILES string of the molecule is CCCNCC1CCCc2sc(CCC(F)(F)F)nc21. The quantitative estimate of drug-likeness (QED) is 0.802. The first-order valence-corrected chi connectivity index (χ1v) is 8.07. The van der Waals surface area contributed by atoms with Crippen molar-refractivity contribution in [2.75, 3.05) is 13.1 Å². The first-order chi connectivity index (χ1) is 9.49. The highest BCUT2D eigenvalue weighted by molar-refractivity contribution is 7.11. The van der Waals surface area contributed by atoms with Crippen LogP contribution in [0.2, 0.25) is 0 Å². The number of hydrogen-bond acceptors (Lipinski definition) is 3. The molecule has 0 aromatic carbocycles. The molecule has 2 rings (SSSR count). The Balaban J connectivity index is 1.99. The van der Waals surface area contributed by atoms with Gasteiger partial charge in [0, 0.05) is 30.2 Å². The van der Waals surface area contributed by atoms with Crippen molar-refractivity contribution in [3.8, 4) is 0 Å². The number of halogens is 3. The van der Waals surface area contributed by atoms with Gasteiger partial charge in [-0.25, -0.2) is 4.98 Å². The normalized spacial score (nSPS) is 19.1. The number of fused-ring (bicyclic) bond motifs is 1. The average molecular weight is 306 g/mol. The van der Waals surface area contributed by atoms with Gasteiger partial charge in [0.05, 0.1) is 10.7 Å². The molecule has 0 aliphatic heterocycles. The van der Waals surface area contributed by atoms with Crippen molar-refractivity contribution in [2.45, 2.75) is 57.5 Å². The fraction of sp³-hybridized carbons (Fsp3) is 0.786. The van der Waals surface area contributed by atoms with Crippen molar-refractivity contribution in [1.82, 2.24) is 10.3 Å². The molecule has 6 heteroatoms. The van der Waals surface area contributed by atoms with E-state index in [1.54, 1.807) is 0 Å². The molecule has 20 heavy (non-hydrogen) atoms. The van der Waals surface area contributed by atoms with E-state index in [1.807, 2.05) is 0 Å². The van der Waals surface area contributed by atoms with Crippen LogP contribution in [0.25, 0.3) is 0 Å². The first-order valence-electron chi connectivity index (χ1n) is 7.25. The maximum absolute atomic E-state index is 12.3. The molecular formula is C14H21F3N2S. The van der Waals surface area contributed by atoms with Crippen LogP contribution in [-0.4, -0.2) is 24.2 Å². The zero-order valence-corrected chi connectivity index (χ0v) is 12.5. The summed E-state index contributed by atoms with van der Waals surface area (Å²) in [7, 11) is 0. The number of nitrogens with zero attached hydrogens (tertiary/aromatic N) is 1. The van der Waals surface area contributed by atoms with E-state index in [-0.39, 0.29) is 6.42 Å². The molecule has 1 heterocycles. The Labute approximate surface area is 121 Å². The summed E-state index contributed by atoms with van der Waals surface area (Å²) in [6.07, 6.45) is -0.558. The maximum Gasteiger partial charge on any atom is 0.389 e. The van der Waals surface area contributed by atoms with Crippen molar-refractivity contribution < 1.29 is 13.2 Å². The predicted octanol–water partition coefficient (Wildman–Crippen LogP) is 4.06. The van der Waals surface area contributed by atoms with Crippen LogP contribution in [-0.2, 0) is 12.8 Å². The van der Waals surface area contributed by atoms with Crippen LogP contribution in [0.3, 0.4) is 0 Å². The Morgan fingerprint density at radius 2 is 2.20 bits per heavy atom. The molecule has 0 amide bonds. The number of hydrogen-bond donors (Lipinski definition) is 1. The summed E-state index contributed by atoms with van der Waals surface area (Å²) in [6, 6.07) is 0.